The molecule has 0 N–H and O–H groups in total. The molecular weight excluding hydrogens is 444 g/mol. The molecule has 2 aromatic rings. The van der Waals surface area contributed by atoms with Crippen LogP contribution in [-0.4, -0.2) is 40.6 Å². The van der Waals surface area contributed by atoms with E-state index in [2.05, 4.69) is 17.0 Å². The van der Waals surface area contributed by atoms with E-state index in [-0.39, 0.29) is 5.91 Å². The second-order valence-electron chi connectivity index (χ2n) is 6.41. The van der Waals surface area contributed by atoms with E-state index in [0.717, 1.165) is 36.2 Å². The Labute approximate surface area is 188 Å². The standard InChI is InChI=1S/C21H20ClN2O2S3/c1-23-16-12-15(26-11-10-22)8-9-17(16)28-20(23)18-19(25)24(21(27-2)29-18)13-14-6-4-3-5-7-14/h3-9,12H,10-11,13H2,1-2H3/q+1/b20-18-. The summed E-state index contributed by atoms with van der Waals surface area (Å²) in [4.78, 5) is 17.3. The van der Waals surface area contributed by atoms with Gasteiger partial charge in [0.05, 0.1) is 11.6 Å². The molecule has 29 heavy (non-hydrogen) atoms. The molecule has 4 rings (SSSR count). The Bertz CT molecular complexity index is 1010. The molecule has 0 spiro atoms. The van der Waals surface area contributed by atoms with Gasteiger partial charge in [-0.25, -0.2) is 4.79 Å². The number of rotatable bonds is 5. The van der Waals surface area contributed by atoms with Crippen molar-refractivity contribution >= 4 is 62.9 Å². The number of nitrogens with zero attached hydrogens (tertiary/aromatic N) is 2. The van der Waals surface area contributed by atoms with Gasteiger partial charge in [-0.05, 0) is 18.4 Å². The van der Waals surface area contributed by atoms with Crippen LogP contribution < -0.4 is 9.64 Å². The summed E-state index contributed by atoms with van der Waals surface area (Å²) in [6, 6.07) is 16.1. The van der Waals surface area contributed by atoms with Gasteiger partial charge in [-0.1, -0.05) is 53.9 Å². The van der Waals surface area contributed by atoms with Crippen LogP contribution in [0.5, 0.6) is 5.75 Å². The molecular formula is C21H20ClN2O2S3+. The minimum absolute atomic E-state index is 0.0592. The Morgan fingerprint density at radius 3 is 2.69 bits per heavy atom. The number of anilines is 1. The highest BCUT2D eigenvalue weighted by Gasteiger charge is 2.42. The van der Waals surface area contributed by atoms with Crippen molar-refractivity contribution in [2.45, 2.75) is 11.4 Å². The van der Waals surface area contributed by atoms with E-state index in [4.69, 9.17) is 16.3 Å². The number of fused-ring (bicyclic) bond motifs is 1. The van der Waals surface area contributed by atoms with Crippen LogP contribution in [0.15, 0.2) is 63.4 Å². The molecule has 0 aromatic heterocycles. The molecule has 4 nitrogen and oxygen atoms in total. The molecule has 0 saturated heterocycles. The molecule has 0 aliphatic carbocycles. The third kappa shape index (κ3) is 4.19. The summed E-state index contributed by atoms with van der Waals surface area (Å²) in [6.45, 7) is 1.05. The third-order valence-corrected chi connectivity index (χ3v) is 8.36. The molecule has 0 atom stereocenters. The summed E-state index contributed by atoms with van der Waals surface area (Å²) in [5.74, 6) is 1.30. The molecule has 2 heterocycles. The van der Waals surface area contributed by atoms with Crippen LogP contribution in [0.25, 0.3) is 0 Å². The number of amides is 1. The summed E-state index contributed by atoms with van der Waals surface area (Å²) >= 11 is 10.5. The zero-order chi connectivity index (χ0) is 20.4. The highest BCUT2D eigenvalue weighted by molar-refractivity contribution is 8.40. The van der Waals surface area contributed by atoms with Gasteiger partial charge in [0.1, 0.15) is 17.4 Å². The molecule has 0 fully saturated rings. The lowest BCUT2D eigenvalue weighted by atomic mass is 10.2. The summed E-state index contributed by atoms with van der Waals surface area (Å²) in [5.41, 5.74) is 2.17. The summed E-state index contributed by atoms with van der Waals surface area (Å²) in [5, 5.41) is 0.964. The van der Waals surface area contributed by atoms with Crippen molar-refractivity contribution in [2.75, 3.05) is 30.7 Å². The SMILES string of the molecule is CSC1=[N+](Cc2ccccc2)C(=O)/C(=C2/Sc3ccc(OCCCl)cc3N2C)S1. The maximum atomic E-state index is 13.3. The Morgan fingerprint density at radius 1 is 1.17 bits per heavy atom. The van der Waals surface area contributed by atoms with E-state index >= 15 is 0 Å². The van der Waals surface area contributed by atoms with Gasteiger partial charge >= 0.3 is 5.91 Å². The van der Waals surface area contributed by atoms with Gasteiger partial charge in [0.2, 0.25) is 0 Å². The van der Waals surface area contributed by atoms with Gasteiger partial charge in [-0.15, -0.1) is 16.2 Å². The van der Waals surface area contributed by atoms with Gasteiger partial charge in [0.25, 0.3) is 4.38 Å². The Hall–Kier alpha value is -1.54. The second kappa shape index (κ2) is 9.08. The molecule has 8 heteroatoms. The largest absolute Gasteiger partial charge is 0.492 e. The first-order chi connectivity index (χ1) is 14.1. The summed E-state index contributed by atoms with van der Waals surface area (Å²) in [6.07, 6.45) is 2.02. The summed E-state index contributed by atoms with van der Waals surface area (Å²) < 4.78 is 8.54. The topological polar surface area (TPSA) is 32.5 Å². The van der Waals surface area contributed by atoms with Crippen LogP contribution >= 0.6 is 46.9 Å². The van der Waals surface area contributed by atoms with E-state index in [1.165, 1.54) is 0 Å². The zero-order valence-corrected chi connectivity index (χ0v) is 19.3. The van der Waals surface area contributed by atoms with Gasteiger partial charge in [-0.2, -0.15) is 0 Å². The maximum Gasteiger partial charge on any atom is 0.430 e. The van der Waals surface area contributed by atoms with E-state index in [1.807, 2.05) is 54.3 Å². The molecule has 0 radical (unpaired) electrons. The highest BCUT2D eigenvalue weighted by atomic mass is 35.5. The number of ether oxygens (including phenoxy) is 1. The first-order valence-corrected chi connectivity index (χ1v) is 12.4. The van der Waals surface area contributed by atoms with E-state index in [9.17, 15) is 4.79 Å². The van der Waals surface area contributed by atoms with Crippen molar-refractivity contribution < 1.29 is 14.1 Å². The fourth-order valence-electron chi connectivity index (χ4n) is 3.15. The van der Waals surface area contributed by atoms with Gasteiger partial charge in [0.15, 0.2) is 11.4 Å². The van der Waals surface area contributed by atoms with Crippen LogP contribution in [0.2, 0.25) is 0 Å². The van der Waals surface area contributed by atoms with E-state index in [0.29, 0.717) is 19.0 Å². The number of thioether (sulfide) groups is 3. The van der Waals surface area contributed by atoms with Crippen LogP contribution in [0.1, 0.15) is 5.56 Å². The molecule has 2 aliphatic rings. The predicted molar refractivity (Wildman–Crippen MR) is 125 cm³/mol. The number of halogens is 1. The smallest absolute Gasteiger partial charge is 0.430 e. The number of carbonyl (C=O) groups excluding carboxylic acids is 1. The molecule has 0 unspecified atom stereocenters. The number of hydrogen-bond acceptors (Lipinski definition) is 6. The van der Waals surface area contributed by atoms with Crippen LogP contribution in [0.4, 0.5) is 5.69 Å². The normalized spacial score (nSPS) is 18.6. The van der Waals surface area contributed by atoms with Gasteiger partial charge in [-0.3, -0.25) is 0 Å². The predicted octanol–water partition coefficient (Wildman–Crippen LogP) is 5.22. The maximum absolute atomic E-state index is 13.3. The number of carbonyl (C=O) groups is 1. The van der Waals surface area contributed by atoms with E-state index in [1.54, 1.807) is 35.3 Å². The monoisotopic (exact) mass is 463 g/mol. The summed E-state index contributed by atoms with van der Waals surface area (Å²) in [7, 11) is 2.00. The van der Waals surface area contributed by atoms with Crippen LogP contribution in [0.3, 0.4) is 0 Å². The third-order valence-electron chi connectivity index (χ3n) is 4.55. The zero-order valence-electron chi connectivity index (χ0n) is 16.1. The molecule has 0 saturated carbocycles. The molecule has 0 bridgehead atoms. The van der Waals surface area contributed by atoms with Crippen LogP contribution in [0, 0.1) is 0 Å². The van der Waals surface area contributed by atoms with Crippen LogP contribution in [-0.2, 0) is 11.3 Å². The molecule has 2 aromatic carbocycles. The average Bonchev–Trinajstić information content (AvgIpc) is 3.24. The fourth-order valence-corrected chi connectivity index (χ4v) is 6.35. The Kier molecular flexibility index (Phi) is 6.49. The van der Waals surface area contributed by atoms with Crippen molar-refractivity contribution in [3.63, 3.8) is 0 Å². The molecule has 150 valence electrons. The minimum atomic E-state index is 0.0592. The Balaban J connectivity index is 1.62. The van der Waals surface area contributed by atoms with Crippen molar-refractivity contribution in [3.05, 3.63) is 64.0 Å². The minimum Gasteiger partial charge on any atom is -0.492 e. The first kappa shape index (κ1) is 20.7. The molecule has 2 aliphatic heterocycles. The number of hydrogen-bond donors (Lipinski definition) is 0. The number of benzene rings is 2. The van der Waals surface area contributed by atoms with Crippen molar-refractivity contribution in [1.82, 2.24) is 0 Å². The Morgan fingerprint density at radius 2 is 1.97 bits per heavy atom. The van der Waals surface area contributed by atoms with Gasteiger partial charge in [0, 0.05) is 35.3 Å². The molecule has 1 amide bonds. The quantitative estimate of drug-likeness (QED) is 0.343. The second-order valence-corrected chi connectivity index (χ2v) is 9.87. The lowest BCUT2D eigenvalue weighted by Gasteiger charge is -2.15. The van der Waals surface area contributed by atoms with Crippen molar-refractivity contribution in [3.8, 4) is 5.75 Å². The van der Waals surface area contributed by atoms with Crippen molar-refractivity contribution in [1.29, 1.82) is 0 Å². The van der Waals surface area contributed by atoms with Gasteiger partial charge < -0.3 is 9.64 Å². The fraction of sp³-hybridized carbons (Fsp3) is 0.238. The first-order valence-electron chi connectivity index (χ1n) is 9.05. The average molecular weight is 464 g/mol. The van der Waals surface area contributed by atoms with E-state index < -0.39 is 0 Å². The lowest BCUT2D eigenvalue weighted by molar-refractivity contribution is -0.453. The van der Waals surface area contributed by atoms with Crippen molar-refractivity contribution in [2.24, 2.45) is 0 Å². The lowest BCUT2D eigenvalue weighted by Crippen LogP contribution is -2.21. The number of alkyl halides is 1. The highest BCUT2D eigenvalue weighted by Crippen LogP contribution is 2.50.